The molecule has 0 aromatic carbocycles. The number of rotatable bonds is 5. The van der Waals surface area contributed by atoms with Gasteiger partial charge in [0.15, 0.2) is 0 Å². The number of hydrogen-bond donors (Lipinski definition) is 2. The van der Waals surface area contributed by atoms with Gasteiger partial charge in [-0.15, -0.1) is 0 Å². The molecule has 0 saturated carbocycles. The summed E-state index contributed by atoms with van der Waals surface area (Å²) in [6, 6.07) is 0.321. The van der Waals surface area contributed by atoms with Gasteiger partial charge in [-0.1, -0.05) is 19.1 Å². The van der Waals surface area contributed by atoms with Crippen LogP contribution in [0, 0.1) is 11.8 Å². The van der Waals surface area contributed by atoms with Crippen molar-refractivity contribution in [3.8, 4) is 0 Å². The van der Waals surface area contributed by atoms with Crippen LogP contribution in [0.1, 0.15) is 52.4 Å². The summed E-state index contributed by atoms with van der Waals surface area (Å²) in [6.07, 6.45) is 11.7. The van der Waals surface area contributed by atoms with E-state index in [2.05, 4.69) is 31.3 Å². The minimum Gasteiger partial charge on any atom is -0.353 e. The van der Waals surface area contributed by atoms with E-state index in [0.717, 1.165) is 25.2 Å². The summed E-state index contributed by atoms with van der Waals surface area (Å²) in [4.78, 5) is 13.9. The minimum absolute atomic E-state index is 0.263. The molecule has 1 amide bonds. The molecule has 0 radical (unpaired) electrons. The Bertz CT molecular complexity index is 332. The second-order valence-electron chi connectivity index (χ2n) is 6.70. The van der Waals surface area contributed by atoms with E-state index in [1.165, 1.54) is 38.9 Å². The highest BCUT2D eigenvalue weighted by Crippen LogP contribution is 2.17. The van der Waals surface area contributed by atoms with Crippen LogP contribution in [0.4, 0.5) is 0 Å². The number of carbonyl (C=O) groups is 1. The highest BCUT2D eigenvalue weighted by Gasteiger charge is 2.29. The van der Waals surface area contributed by atoms with Crippen LogP contribution in [0.2, 0.25) is 0 Å². The number of nitrogens with one attached hydrogen (secondary N) is 2. The summed E-state index contributed by atoms with van der Waals surface area (Å²) in [6.45, 7) is 7.88. The van der Waals surface area contributed by atoms with Crippen LogP contribution in [0.5, 0.6) is 0 Å². The van der Waals surface area contributed by atoms with Crippen molar-refractivity contribution in [3.05, 3.63) is 12.2 Å². The second-order valence-corrected chi connectivity index (χ2v) is 6.70. The molecule has 3 nitrogen and oxygen atoms in total. The lowest BCUT2D eigenvalue weighted by atomic mass is 9.91. The van der Waals surface area contributed by atoms with Gasteiger partial charge in [-0.3, -0.25) is 4.79 Å². The predicted molar refractivity (Wildman–Crippen MR) is 82.7 cm³/mol. The van der Waals surface area contributed by atoms with Gasteiger partial charge < -0.3 is 10.2 Å². The van der Waals surface area contributed by atoms with Gasteiger partial charge in [0.25, 0.3) is 0 Å². The molecule has 1 saturated heterocycles. The van der Waals surface area contributed by atoms with Gasteiger partial charge in [0.05, 0.1) is 19.6 Å². The molecule has 114 valence electrons. The summed E-state index contributed by atoms with van der Waals surface area (Å²) in [5.41, 5.74) is 0. The largest absolute Gasteiger partial charge is 0.353 e. The Balaban J connectivity index is 1.69. The Hall–Kier alpha value is -0.830. The maximum Gasteiger partial charge on any atom is 0.223 e. The molecular formula is C17H31N2O+. The Labute approximate surface area is 123 Å². The molecule has 2 N–H and O–H groups in total. The van der Waals surface area contributed by atoms with E-state index in [0.29, 0.717) is 11.9 Å². The summed E-state index contributed by atoms with van der Waals surface area (Å²) < 4.78 is 0. The lowest BCUT2D eigenvalue weighted by Gasteiger charge is -2.32. The minimum atomic E-state index is 0.263. The molecule has 3 heteroatoms. The monoisotopic (exact) mass is 279 g/mol. The Morgan fingerprint density at radius 1 is 1.30 bits per heavy atom. The Morgan fingerprint density at radius 2 is 2.05 bits per heavy atom. The standard InChI is InChI=1S/C17H30N2O/c1-3-14(2)18-17(20)16-9-11-19(12-10-16)13-15-7-5-4-6-8-15/h4-5,14-16H,3,6-13H2,1-2H3,(H,18,20)/p+1/t14-,15+/m1/s1. The Morgan fingerprint density at radius 3 is 2.65 bits per heavy atom. The number of carbonyl (C=O) groups excluding carboxylic acids is 1. The third-order valence-electron chi connectivity index (χ3n) is 5.02. The van der Waals surface area contributed by atoms with Crippen molar-refractivity contribution < 1.29 is 9.69 Å². The zero-order chi connectivity index (χ0) is 14.4. The van der Waals surface area contributed by atoms with E-state index in [4.69, 9.17) is 0 Å². The normalized spacial score (nSPS) is 31.8. The van der Waals surface area contributed by atoms with Crippen molar-refractivity contribution in [2.45, 2.75) is 58.4 Å². The van der Waals surface area contributed by atoms with Crippen LogP contribution in [-0.4, -0.2) is 31.6 Å². The third kappa shape index (κ3) is 4.62. The third-order valence-corrected chi connectivity index (χ3v) is 5.02. The molecule has 0 aromatic heterocycles. The quantitative estimate of drug-likeness (QED) is 0.736. The number of quaternary nitrogens is 1. The van der Waals surface area contributed by atoms with Gasteiger partial charge in [-0.05, 0) is 32.6 Å². The first-order chi connectivity index (χ1) is 9.69. The predicted octanol–water partition coefficient (Wildman–Crippen LogP) is 1.55. The topological polar surface area (TPSA) is 33.5 Å². The van der Waals surface area contributed by atoms with Crippen LogP contribution in [0.15, 0.2) is 12.2 Å². The molecule has 0 bridgehead atoms. The van der Waals surface area contributed by atoms with Crippen LogP contribution in [0.3, 0.4) is 0 Å². The van der Waals surface area contributed by atoms with Crippen LogP contribution in [0.25, 0.3) is 0 Å². The number of hydrogen-bond acceptors (Lipinski definition) is 1. The molecular weight excluding hydrogens is 248 g/mol. The summed E-state index contributed by atoms with van der Waals surface area (Å²) >= 11 is 0. The van der Waals surface area contributed by atoms with E-state index in [-0.39, 0.29) is 5.92 Å². The molecule has 1 heterocycles. The molecule has 2 atom stereocenters. The zero-order valence-corrected chi connectivity index (χ0v) is 13.2. The first-order valence-electron chi connectivity index (χ1n) is 8.48. The molecule has 1 aliphatic carbocycles. The summed E-state index contributed by atoms with van der Waals surface area (Å²) in [5, 5.41) is 3.14. The summed E-state index contributed by atoms with van der Waals surface area (Å²) in [5.74, 6) is 1.43. The average molecular weight is 279 g/mol. The smallest absolute Gasteiger partial charge is 0.223 e. The van der Waals surface area contributed by atoms with E-state index in [9.17, 15) is 4.79 Å². The average Bonchev–Trinajstić information content (AvgIpc) is 2.49. The number of amides is 1. The first kappa shape index (κ1) is 15.6. The second kappa shape index (κ2) is 7.82. The maximum atomic E-state index is 12.1. The van der Waals surface area contributed by atoms with Gasteiger partial charge in [0, 0.05) is 30.7 Å². The first-order valence-corrected chi connectivity index (χ1v) is 8.48. The highest BCUT2D eigenvalue weighted by atomic mass is 16.1. The van der Waals surface area contributed by atoms with Gasteiger partial charge in [-0.25, -0.2) is 0 Å². The summed E-state index contributed by atoms with van der Waals surface area (Å²) in [7, 11) is 0. The zero-order valence-electron chi connectivity index (χ0n) is 13.2. The van der Waals surface area contributed by atoms with Gasteiger partial charge in [-0.2, -0.15) is 0 Å². The van der Waals surface area contributed by atoms with Crippen molar-refractivity contribution in [1.29, 1.82) is 0 Å². The van der Waals surface area contributed by atoms with E-state index in [1.807, 2.05) is 0 Å². The van der Waals surface area contributed by atoms with Crippen LogP contribution >= 0.6 is 0 Å². The van der Waals surface area contributed by atoms with Crippen molar-refractivity contribution in [3.63, 3.8) is 0 Å². The number of piperidine rings is 1. The molecule has 1 fully saturated rings. The maximum absolute atomic E-state index is 12.1. The SMILES string of the molecule is CC[C@@H](C)NC(=O)C1CC[NH+](C[C@H]2CC=CCC2)CC1. The molecule has 2 rings (SSSR count). The molecule has 2 aliphatic rings. The van der Waals surface area contributed by atoms with Gasteiger partial charge in [0.2, 0.25) is 5.91 Å². The molecule has 0 spiro atoms. The number of likely N-dealkylation sites (tertiary alicyclic amines) is 1. The van der Waals surface area contributed by atoms with E-state index in [1.54, 1.807) is 4.90 Å². The molecule has 0 aromatic rings. The van der Waals surface area contributed by atoms with E-state index >= 15 is 0 Å². The fourth-order valence-corrected chi connectivity index (χ4v) is 3.41. The Kier molecular flexibility index (Phi) is 6.08. The van der Waals surface area contributed by atoms with Crippen LogP contribution < -0.4 is 10.2 Å². The van der Waals surface area contributed by atoms with Crippen molar-refractivity contribution >= 4 is 5.91 Å². The van der Waals surface area contributed by atoms with Gasteiger partial charge >= 0.3 is 0 Å². The molecule has 0 unspecified atom stereocenters. The highest BCUT2D eigenvalue weighted by molar-refractivity contribution is 5.78. The molecule has 1 aliphatic heterocycles. The van der Waals surface area contributed by atoms with Crippen molar-refractivity contribution in [1.82, 2.24) is 5.32 Å². The molecule has 20 heavy (non-hydrogen) atoms. The van der Waals surface area contributed by atoms with E-state index < -0.39 is 0 Å². The lowest BCUT2D eigenvalue weighted by Crippen LogP contribution is -3.13. The fraction of sp³-hybridized carbons (Fsp3) is 0.824. The van der Waals surface area contributed by atoms with Gasteiger partial charge in [0.1, 0.15) is 0 Å². The van der Waals surface area contributed by atoms with Crippen LogP contribution in [-0.2, 0) is 4.79 Å². The lowest BCUT2D eigenvalue weighted by molar-refractivity contribution is -0.909. The number of allylic oxidation sites excluding steroid dienone is 2. The van der Waals surface area contributed by atoms with Crippen molar-refractivity contribution in [2.24, 2.45) is 11.8 Å². The van der Waals surface area contributed by atoms with Crippen molar-refractivity contribution in [2.75, 3.05) is 19.6 Å². The fourth-order valence-electron chi connectivity index (χ4n) is 3.41.